The molecule has 2 aromatic carbocycles. The van der Waals surface area contributed by atoms with E-state index in [-0.39, 0.29) is 22.6 Å². The predicted molar refractivity (Wildman–Crippen MR) is 141 cm³/mol. The summed E-state index contributed by atoms with van der Waals surface area (Å²) in [5, 5.41) is 1.51. The number of nitrogens with zero attached hydrogens (tertiary/aromatic N) is 4. The van der Waals surface area contributed by atoms with E-state index in [1.807, 2.05) is 45.0 Å². The van der Waals surface area contributed by atoms with E-state index in [4.69, 9.17) is 21.1 Å². The van der Waals surface area contributed by atoms with E-state index >= 15 is 0 Å². The number of piperidine rings is 1. The van der Waals surface area contributed by atoms with Gasteiger partial charge in [0.25, 0.3) is 5.56 Å². The van der Waals surface area contributed by atoms with E-state index in [0.29, 0.717) is 72.9 Å². The highest BCUT2D eigenvalue weighted by Crippen LogP contribution is 2.37. The second-order valence-electron chi connectivity index (χ2n) is 8.82. The number of halogens is 1. The molecule has 0 spiro atoms. The third kappa shape index (κ3) is 4.28. The van der Waals surface area contributed by atoms with Crippen molar-refractivity contribution in [1.29, 1.82) is 0 Å². The highest BCUT2D eigenvalue weighted by molar-refractivity contribution is 6.28. The van der Waals surface area contributed by atoms with Gasteiger partial charge in [0.15, 0.2) is 11.5 Å². The van der Waals surface area contributed by atoms with Crippen LogP contribution in [0.3, 0.4) is 0 Å². The van der Waals surface area contributed by atoms with E-state index in [2.05, 4.69) is 19.9 Å². The molecule has 0 saturated carbocycles. The molecule has 0 radical (unpaired) electrons. The summed E-state index contributed by atoms with van der Waals surface area (Å²) in [7, 11) is 0. The first kappa shape index (κ1) is 24.1. The molecule has 1 N–H and O–H groups in total. The first-order valence-corrected chi connectivity index (χ1v) is 12.5. The molecule has 0 aliphatic carbocycles. The molecule has 1 saturated heterocycles. The van der Waals surface area contributed by atoms with Crippen LogP contribution >= 0.6 is 11.6 Å². The molecular weight excluding hydrogens is 482 g/mol. The van der Waals surface area contributed by atoms with Crippen LogP contribution in [0.5, 0.6) is 11.5 Å². The van der Waals surface area contributed by atoms with Gasteiger partial charge >= 0.3 is 5.69 Å². The smallest absolute Gasteiger partial charge is 0.329 e. The first-order valence-electron chi connectivity index (χ1n) is 12.2. The lowest BCUT2D eigenvalue weighted by atomic mass is 10.0. The standard InChI is InChI=1S/C26H28ClN5O4/c1-4-35-20-13-17-19(14-21(20)36-5-2)28-25(27)30-23(17)31-11-9-16(10-12-31)32-24(33)22-15(3)7-6-8-18(22)29-26(32)34/h6-8,13-14,16H,4-5,9-12H2,1-3H3,(H,29,34). The third-order valence-electron chi connectivity index (χ3n) is 6.61. The zero-order valence-electron chi connectivity index (χ0n) is 20.5. The molecule has 36 heavy (non-hydrogen) atoms. The van der Waals surface area contributed by atoms with Crippen LogP contribution in [-0.4, -0.2) is 45.8 Å². The Morgan fingerprint density at radius 3 is 2.44 bits per heavy atom. The number of rotatable bonds is 6. The van der Waals surface area contributed by atoms with Crippen LogP contribution in [0.1, 0.15) is 38.3 Å². The van der Waals surface area contributed by atoms with Crippen molar-refractivity contribution < 1.29 is 9.47 Å². The van der Waals surface area contributed by atoms with Gasteiger partial charge in [0.2, 0.25) is 5.28 Å². The van der Waals surface area contributed by atoms with Crippen LogP contribution in [0.4, 0.5) is 5.82 Å². The van der Waals surface area contributed by atoms with Gasteiger partial charge in [0.05, 0.1) is 29.6 Å². The molecule has 2 aromatic heterocycles. The molecule has 0 unspecified atom stereocenters. The highest BCUT2D eigenvalue weighted by Gasteiger charge is 2.27. The number of nitrogens with one attached hydrogen (secondary N) is 1. The van der Waals surface area contributed by atoms with Crippen molar-refractivity contribution in [2.45, 2.75) is 39.7 Å². The minimum atomic E-state index is -0.378. The van der Waals surface area contributed by atoms with E-state index in [9.17, 15) is 9.59 Å². The average Bonchev–Trinajstić information content (AvgIpc) is 2.85. The molecule has 10 heteroatoms. The molecule has 1 aliphatic heterocycles. The monoisotopic (exact) mass is 509 g/mol. The highest BCUT2D eigenvalue weighted by atomic mass is 35.5. The zero-order chi connectivity index (χ0) is 25.4. The lowest BCUT2D eigenvalue weighted by molar-refractivity contribution is 0.288. The fourth-order valence-corrected chi connectivity index (χ4v) is 5.15. The topological polar surface area (TPSA) is 102 Å². The summed E-state index contributed by atoms with van der Waals surface area (Å²) >= 11 is 6.30. The van der Waals surface area contributed by atoms with Gasteiger partial charge in [0.1, 0.15) is 5.82 Å². The number of hydrogen-bond donors (Lipinski definition) is 1. The van der Waals surface area contributed by atoms with E-state index in [0.717, 1.165) is 10.9 Å². The maximum atomic E-state index is 13.3. The van der Waals surface area contributed by atoms with Gasteiger partial charge in [-0.05, 0) is 62.9 Å². The molecule has 9 nitrogen and oxygen atoms in total. The van der Waals surface area contributed by atoms with Gasteiger partial charge in [0, 0.05) is 30.6 Å². The normalized spacial score (nSPS) is 14.5. The van der Waals surface area contributed by atoms with Crippen molar-refractivity contribution in [2.75, 3.05) is 31.2 Å². The summed E-state index contributed by atoms with van der Waals surface area (Å²) in [5.74, 6) is 1.93. The molecule has 0 bridgehead atoms. The lowest BCUT2D eigenvalue weighted by Gasteiger charge is -2.34. The van der Waals surface area contributed by atoms with Crippen LogP contribution in [-0.2, 0) is 0 Å². The Bertz CT molecular complexity index is 1560. The number of aromatic amines is 1. The Labute approximate surface area is 212 Å². The van der Waals surface area contributed by atoms with Crippen LogP contribution < -0.4 is 25.6 Å². The number of benzene rings is 2. The lowest BCUT2D eigenvalue weighted by Crippen LogP contribution is -2.43. The van der Waals surface area contributed by atoms with Gasteiger partial charge < -0.3 is 19.4 Å². The summed E-state index contributed by atoms with van der Waals surface area (Å²) in [6, 6.07) is 8.98. The fraction of sp³-hybridized carbons (Fsp3) is 0.385. The summed E-state index contributed by atoms with van der Waals surface area (Å²) in [5.41, 5.74) is 1.45. The van der Waals surface area contributed by atoms with E-state index in [1.165, 1.54) is 4.57 Å². The van der Waals surface area contributed by atoms with Crippen LogP contribution in [0, 0.1) is 6.92 Å². The van der Waals surface area contributed by atoms with Crippen molar-refractivity contribution in [1.82, 2.24) is 19.5 Å². The van der Waals surface area contributed by atoms with Crippen molar-refractivity contribution in [3.05, 3.63) is 62.0 Å². The molecule has 0 atom stereocenters. The molecule has 1 fully saturated rings. The Morgan fingerprint density at radius 2 is 1.75 bits per heavy atom. The fourth-order valence-electron chi connectivity index (χ4n) is 4.98. The van der Waals surface area contributed by atoms with Crippen LogP contribution in [0.25, 0.3) is 21.8 Å². The van der Waals surface area contributed by atoms with Crippen molar-refractivity contribution >= 4 is 39.2 Å². The number of ether oxygens (including phenoxy) is 2. The minimum absolute atomic E-state index is 0.143. The summed E-state index contributed by atoms with van der Waals surface area (Å²) in [6.45, 7) is 7.90. The van der Waals surface area contributed by atoms with Crippen molar-refractivity contribution in [3.8, 4) is 11.5 Å². The van der Waals surface area contributed by atoms with Gasteiger partial charge in [-0.15, -0.1) is 0 Å². The number of fused-ring (bicyclic) bond motifs is 2. The Hall–Kier alpha value is -3.59. The molecule has 1 aliphatic rings. The molecule has 4 aromatic rings. The SMILES string of the molecule is CCOc1cc2nc(Cl)nc(N3CCC(n4c(=O)[nH]c5cccc(C)c5c4=O)CC3)c2cc1OCC. The largest absolute Gasteiger partial charge is 0.490 e. The maximum Gasteiger partial charge on any atom is 0.329 e. The van der Waals surface area contributed by atoms with Gasteiger partial charge in [-0.3, -0.25) is 9.36 Å². The molecular formula is C26H28ClN5O4. The number of H-pyrrole nitrogens is 1. The van der Waals surface area contributed by atoms with E-state index in [1.54, 1.807) is 6.07 Å². The Kier molecular flexibility index (Phi) is 6.57. The average molecular weight is 510 g/mol. The first-order chi connectivity index (χ1) is 17.4. The quantitative estimate of drug-likeness (QED) is 0.388. The van der Waals surface area contributed by atoms with Crippen LogP contribution in [0.15, 0.2) is 39.9 Å². The van der Waals surface area contributed by atoms with Gasteiger partial charge in [-0.25, -0.2) is 9.78 Å². The third-order valence-corrected chi connectivity index (χ3v) is 6.78. The number of anilines is 1. The van der Waals surface area contributed by atoms with Crippen LogP contribution in [0.2, 0.25) is 5.28 Å². The second kappa shape index (κ2) is 9.81. The predicted octanol–water partition coefficient (Wildman–Crippen LogP) is 4.23. The van der Waals surface area contributed by atoms with Gasteiger partial charge in [-0.1, -0.05) is 12.1 Å². The summed E-state index contributed by atoms with van der Waals surface area (Å²) in [6.07, 6.45) is 1.22. The molecule has 188 valence electrons. The van der Waals surface area contributed by atoms with Gasteiger partial charge in [-0.2, -0.15) is 4.98 Å². The Morgan fingerprint density at radius 1 is 1.06 bits per heavy atom. The zero-order valence-corrected chi connectivity index (χ0v) is 21.3. The van der Waals surface area contributed by atoms with E-state index < -0.39 is 0 Å². The molecule has 0 amide bonds. The maximum absolute atomic E-state index is 13.3. The number of aryl methyl sites for hydroxylation is 1. The minimum Gasteiger partial charge on any atom is -0.490 e. The molecule has 3 heterocycles. The van der Waals surface area contributed by atoms with Crippen molar-refractivity contribution in [2.24, 2.45) is 0 Å². The Balaban J connectivity index is 1.48. The summed E-state index contributed by atoms with van der Waals surface area (Å²) < 4.78 is 12.9. The number of hydrogen-bond acceptors (Lipinski definition) is 7. The van der Waals surface area contributed by atoms with Crippen molar-refractivity contribution in [3.63, 3.8) is 0 Å². The summed E-state index contributed by atoms with van der Waals surface area (Å²) in [4.78, 5) is 40.1. The number of aromatic nitrogens is 4. The molecule has 5 rings (SSSR count). The second-order valence-corrected chi connectivity index (χ2v) is 9.16.